The van der Waals surface area contributed by atoms with Crippen LogP contribution in [0.4, 0.5) is 0 Å². The van der Waals surface area contributed by atoms with Crippen molar-refractivity contribution in [3.63, 3.8) is 0 Å². The number of nitrogens with zero attached hydrogens (tertiary/aromatic N) is 1. The van der Waals surface area contributed by atoms with Gasteiger partial charge in [-0.05, 0) is 68.6 Å². The van der Waals surface area contributed by atoms with E-state index in [9.17, 15) is 4.79 Å². The predicted octanol–water partition coefficient (Wildman–Crippen LogP) is 2.21. The van der Waals surface area contributed by atoms with E-state index >= 15 is 0 Å². The molecule has 0 saturated carbocycles. The molecule has 1 atom stereocenters. The van der Waals surface area contributed by atoms with Crippen LogP contribution in [0, 0.1) is 5.92 Å². The van der Waals surface area contributed by atoms with Gasteiger partial charge < -0.3 is 10.1 Å². The molecule has 0 spiro atoms. The molecule has 1 aromatic heterocycles. The number of H-pyrrole nitrogens is 1. The van der Waals surface area contributed by atoms with E-state index in [4.69, 9.17) is 4.74 Å². The number of hydrogen-bond donors (Lipinski definition) is 2. The first-order valence-electron chi connectivity index (χ1n) is 7.81. The molecule has 1 aliphatic rings. The van der Waals surface area contributed by atoms with Gasteiger partial charge in [-0.2, -0.15) is 5.10 Å². The SMILES string of the molecule is O=c1ccc(-c2ccc(OCCCC3CCNC3)cc2)n[nH]1. The molecular weight excluding hydrogens is 278 g/mol. The lowest BCUT2D eigenvalue weighted by Gasteiger charge is -2.09. The number of aromatic amines is 1. The summed E-state index contributed by atoms with van der Waals surface area (Å²) in [4.78, 5) is 11.0. The van der Waals surface area contributed by atoms with Gasteiger partial charge in [0, 0.05) is 11.6 Å². The van der Waals surface area contributed by atoms with E-state index in [-0.39, 0.29) is 5.56 Å². The molecule has 3 rings (SSSR count). The lowest BCUT2D eigenvalue weighted by Crippen LogP contribution is -2.09. The second-order valence-corrected chi connectivity index (χ2v) is 5.68. The molecule has 0 bridgehead atoms. The standard InChI is InChI=1S/C17H21N3O2/c21-17-8-7-16(19-20-17)14-3-5-15(6-4-14)22-11-1-2-13-9-10-18-12-13/h3-8,13,18H,1-2,9-12H2,(H,20,21). The molecular formula is C17H21N3O2. The molecule has 0 amide bonds. The number of nitrogens with one attached hydrogen (secondary N) is 2. The number of aromatic nitrogens is 2. The number of hydrogen-bond acceptors (Lipinski definition) is 4. The Balaban J connectivity index is 1.48. The van der Waals surface area contributed by atoms with E-state index in [0.717, 1.165) is 49.0 Å². The highest BCUT2D eigenvalue weighted by molar-refractivity contribution is 5.59. The van der Waals surface area contributed by atoms with Crippen molar-refractivity contribution < 1.29 is 4.74 Å². The topological polar surface area (TPSA) is 67.0 Å². The Morgan fingerprint density at radius 1 is 1.18 bits per heavy atom. The minimum Gasteiger partial charge on any atom is -0.494 e. The Morgan fingerprint density at radius 3 is 2.73 bits per heavy atom. The summed E-state index contributed by atoms with van der Waals surface area (Å²) in [6.07, 6.45) is 3.61. The fourth-order valence-corrected chi connectivity index (χ4v) is 2.75. The van der Waals surface area contributed by atoms with E-state index in [2.05, 4.69) is 15.5 Å². The van der Waals surface area contributed by atoms with Gasteiger partial charge in [-0.25, -0.2) is 5.10 Å². The third-order valence-corrected chi connectivity index (χ3v) is 4.02. The van der Waals surface area contributed by atoms with E-state index in [0.29, 0.717) is 0 Å². The van der Waals surface area contributed by atoms with E-state index < -0.39 is 0 Å². The Bertz CT molecular complexity index is 625. The second kappa shape index (κ2) is 7.22. The highest BCUT2D eigenvalue weighted by Crippen LogP contribution is 2.20. The van der Waals surface area contributed by atoms with Gasteiger partial charge >= 0.3 is 0 Å². The van der Waals surface area contributed by atoms with Gasteiger partial charge in [0.25, 0.3) is 5.56 Å². The Morgan fingerprint density at radius 2 is 2.05 bits per heavy atom. The van der Waals surface area contributed by atoms with Crippen LogP contribution in [0.1, 0.15) is 19.3 Å². The summed E-state index contributed by atoms with van der Waals surface area (Å²) in [5.74, 6) is 1.69. The largest absolute Gasteiger partial charge is 0.494 e. The zero-order valence-corrected chi connectivity index (χ0v) is 12.5. The Labute approximate surface area is 129 Å². The van der Waals surface area contributed by atoms with Crippen LogP contribution in [-0.2, 0) is 0 Å². The average molecular weight is 299 g/mol. The van der Waals surface area contributed by atoms with Gasteiger partial charge in [-0.1, -0.05) is 0 Å². The molecule has 0 aliphatic carbocycles. The molecule has 22 heavy (non-hydrogen) atoms. The molecule has 5 heteroatoms. The summed E-state index contributed by atoms with van der Waals surface area (Å²) >= 11 is 0. The maximum absolute atomic E-state index is 11.0. The number of rotatable bonds is 6. The number of ether oxygens (including phenoxy) is 1. The maximum Gasteiger partial charge on any atom is 0.264 e. The van der Waals surface area contributed by atoms with Gasteiger partial charge in [0.05, 0.1) is 12.3 Å². The fraction of sp³-hybridized carbons (Fsp3) is 0.412. The molecule has 1 aromatic carbocycles. The summed E-state index contributed by atoms with van der Waals surface area (Å²) in [7, 11) is 0. The highest BCUT2D eigenvalue weighted by atomic mass is 16.5. The van der Waals surface area contributed by atoms with Gasteiger partial charge in [0.2, 0.25) is 0 Å². The van der Waals surface area contributed by atoms with Gasteiger partial charge in [0.15, 0.2) is 0 Å². The van der Waals surface area contributed by atoms with Crippen LogP contribution in [0.3, 0.4) is 0 Å². The maximum atomic E-state index is 11.0. The summed E-state index contributed by atoms with van der Waals surface area (Å²) in [5, 5.41) is 9.84. The van der Waals surface area contributed by atoms with Crippen LogP contribution in [0.25, 0.3) is 11.3 Å². The quantitative estimate of drug-likeness (QED) is 0.803. The normalized spacial score (nSPS) is 17.5. The van der Waals surface area contributed by atoms with Crippen molar-refractivity contribution in [1.82, 2.24) is 15.5 Å². The molecule has 0 radical (unpaired) electrons. The van der Waals surface area contributed by atoms with Crippen molar-refractivity contribution in [2.45, 2.75) is 19.3 Å². The Kier molecular flexibility index (Phi) is 4.85. The second-order valence-electron chi connectivity index (χ2n) is 5.68. The van der Waals surface area contributed by atoms with Crippen LogP contribution in [0.5, 0.6) is 5.75 Å². The molecule has 2 heterocycles. The molecule has 1 unspecified atom stereocenters. The van der Waals surface area contributed by atoms with Gasteiger partial charge in [0.1, 0.15) is 5.75 Å². The van der Waals surface area contributed by atoms with E-state index in [1.54, 1.807) is 6.07 Å². The third kappa shape index (κ3) is 3.95. The summed E-state index contributed by atoms with van der Waals surface area (Å²) in [6.45, 7) is 3.07. The van der Waals surface area contributed by atoms with Crippen molar-refractivity contribution in [1.29, 1.82) is 0 Å². The lowest BCUT2D eigenvalue weighted by molar-refractivity contribution is 0.295. The summed E-state index contributed by atoms with van der Waals surface area (Å²) in [5.41, 5.74) is 1.52. The van der Waals surface area contributed by atoms with Crippen LogP contribution in [0.15, 0.2) is 41.2 Å². The monoisotopic (exact) mass is 299 g/mol. The minimum atomic E-state index is -0.193. The third-order valence-electron chi connectivity index (χ3n) is 4.02. The average Bonchev–Trinajstić information content (AvgIpc) is 3.06. The summed E-state index contributed by atoms with van der Waals surface area (Å²) < 4.78 is 5.78. The lowest BCUT2D eigenvalue weighted by atomic mass is 10.0. The fourth-order valence-electron chi connectivity index (χ4n) is 2.75. The first kappa shape index (κ1) is 14.8. The molecule has 5 nitrogen and oxygen atoms in total. The predicted molar refractivity (Wildman–Crippen MR) is 86.0 cm³/mol. The molecule has 1 aliphatic heterocycles. The molecule has 1 fully saturated rings. The van der Waals surface area contributed by atoms with Crippen molar-refractivity contribution in [2.24, 2.45) is 5.92 Å². The summed E-state index contributed by atoms with van der Waals surface area (Å²) in [6, 6.07) is 11.0. The zero-order chi connectivity index (χ0) is 15.2. The molecule has 2 N–H and O–H groups in total. The minimum absolute atomic E-state index is 0.193. The molecule has 2 aromatic rings. The Hall–Kier alpha value is -2.14. The first-order chi connectivity index (χ1) is 10.8. The van der Waals surface area contributed by atoms with Gasteiger partial charge in [-0.15, -0.1) is 0 Å². The van der Waals surface area contributed by atoms with Crippen molar-refractivity contribution in [3.8, 4) is 17.0 Å². The van der Waals surface area contributed by atoms with Crippen LogP contribution in [-0.4, -0.2) is 29.9 Å². The van der Waals surface area contributed by atoms with Crippen LogP contribution < -0.4 is 15.6 Å². The highest BCUT2D eigenvalue weighted by Gasteiger charge is 2.13. The van der Waals surface area contributed by atoms with Gasteiger partial charge in [-0.3, -0.25) is 4.79 Å². The van der Waals surface area contributed by atoms with Crippen molar-refractivity contribution in [3.05, 3.63) is 46.8 Å². The smallest absolute Gasteiger partial charge is 0.264 e. The zero-order valence-electron chi connectivity index (χ0n) is 12.5. The molecule has 1 saturated heterocycles. The number of benzene rings is 1. The van der Waals surface area contributed by atoms with Crippen LogP contribution in [0.2, 0.25) is 0 Å². The van der Waals surface area contributed by atoms with Crippen LogP contribution >= 0.6 is 0 Å². The molecule has 116 valence electrons. The van der Waals surface area contributed by atoms with Crippen molar-refractivity contribution in [2.75, 3.05) is 19.7 Å². The van der Waals surface area contributed by atoms with E-state index in [1.165, 1.54) is 18.9 Å². The van der Waals surface area contributed by atoms with Crippen molar-refractivity contribution >= 4 is 0 Å². The van der Waals surface area contributed by atoms with E-state index in [1.807, 2.05) is 24.3 Å². The first-order valence-corrected chi connectivity index (χ1v) is 7.81.